The second-order valence-electron chi connectivity index (χ2n) is 8.64. The molecule has 7 nitrogen and oxygen atoms in total. The fourth-order valence-electron chi connectivity index (χ4n) is 4.05. The number of nitrogens with one attached hydrogen (secondary N) is 1. The van der Waals surface area contributed by atoms with Gasteiger partial charge in [-0.1, -0.05) is 35.9 Å². The highest BCUT2D eigenvalue weighted by molar-refractivity contribution is 6.33. The molecule has 1 fully saturated rings. The van der Waals surface area contributed by atoms with E-state index in [1.165, 1.54) is 0 Å². The van der Waals surface area contributed by atoms with Crippen LogP contribution in [0, 0.1) is 0 Å². The molecule has 1 amide bonds. The Labute approximate surface area is 200 Å². The lowest BCUT2D eigenvalue weighted by atomic mass is 10.2. The quantitative estimate of drug-likeness (QED) is 0.512. The molecule has 1 aliphatic rings. The van der Waals surface area contributed by atoms with Crippen LogP contribution in [0.4, 0.5) is 5.82 Å². The van der Waals surface area contributed by atoms with Crippen LogP contribution in [0.3, 0.4) is 0 Å². The smallest absolute Gasteiger partial charge is 0.255 e. The largest absolute Gasteiger partial charge is 0.369 e. The molecule has 0 spiro atoms. The van der Waals surface area contributed by atoms with Crippen LogP contribution >= 0.6 is 11.6 Å². The average molecular weight is 467 g/mol. The van der Waals surface area contributed by atoms with E-state index in [9.17, 15) is 4.79 Å². The molecule has 174 valence electrons. The molecule has 3 aromatic rings. The van der Waals surface area contributed by atoms with Gasteiger partial charge in [-0.2, -0.15) is 0 Å². The van der Waals surface area contributed by atoms with E-state index in [-0.39, 0.29) is 5.91 Å². The minimum atomic E-state index is -0.00795. The summed E-state index contributed by atoms with van der Waals surface area (Å²) in [5.41, 5.74) is 1.51. The third-order valence-corrected chi connectivity index (χ3v) is 6.18. The first kappa shape index (κ1) is 23.4. The predicted molar refractivity (Wildman–Crippen MR) is 134 cm³/mol. The number of aromatic nitrogens is 2. The fourth-order valence-corrected chi connectivity index (χ4v) is 4.26. The monoisotopic (exact) mass is 466 g/mol. The molecule has 0 aliphatic carbocycles. The summed E-state index contributed by atoms with van der Waals surface area (Å²) in [6, 6.07) is 15.4. The van der Waals surface area contributed by atoms with Crippen LogP contribution in [0.15, 0.2) is 48.5 Å². The van der Waals surface area contributed by atoms with Gasteiger partial charge in [-0.15, -0.1) is 0 Å². The number of hydrogen-bond donors (Lipinski definition) is 1. The van der Waals surface area contributed by atoms with E-state index in [1.54, 1.807) is 12.1 Å². The van der Waals surface area contributed by atoms with Crippen LogP contribution in [0.5, 0.6) is 0 Å². The Hall–Kier alpha value is -2.74. The van der Waals surface area contributed by atoms with Crippen molar-refractivity contribution in [3.8, 4) is 0 Å². The Bertz CT molecular complexity index is 1100. The highest BCUT2D eigenvalue weighted by Crippen LogP contribution is 2.22. The van der Waals surface area contributed by atoms with E-state index in [1.807, 2.05) is 35.2 Å². The molecule has 4 rings (SSSR count). The summed E-state index contributed by atoms with van der Waals surface area (Å²) >= 11 is 6.21. The van der Waals surface area contributed by atoms with Crippen molar-refractivity contribution in [3.05, 3.63) is 64.9 Å². The number of amides is 1. The van der Waals surface area contributed by atoms with Crippen LogP contribution in [0.25, 0.3) is 10.9 Å². The third kappa shape index (κ3) is 5.99. The zero-order chi connectivity index (χ0) is 23.2. The van der Waals surface area contributed by atoms with Crippen LogP contribution in [0.1, 0.15) is 22.6 Å². The zero-order valence-corrected chi connectivity index (χ0v) is 20.1. The summed E-state index contributed by atoms with van der Waals surface area (Å²) < 4.78 is 0. The Morgan fingerprint density at radius 2 is 1.76 bits per heavy atom. The SMILES string of the molecule is CN(C)CCCNc1nc(CN2CCN(C(=O)c3ccccc3Cl)CC2)nc2ccccc12. The van der Waals surface area contributed by atoms with Crippen molar-refractivity contribution in [2.45, 2.75) is 13.0 Å². The van der Waals surface area contributed by atoms with Crippen molar-refractivity contribution < 1.29 is 4.79 Å². The second-order valence-corrected chi connectivity index (χ2v) is 9.04. The van der Waals surface area contributed by atoms with Gasteiger partial charge in [0.15, 0.2) is 0 Å². The topological polar surface area (TPSA) is 64.6 Å². The number of rotatable bonds is 8. The number of carbonyl (C=O) groups is 1. The Morgan fingerprint density at radius 1 is 1.03 bits per heavy atom. The van der Waals surface area contributed by atoms with Gasteiger partial charge in [0.1, 0.15) is 11.6 Å². The summed E-state index contributed by atoms with van der Waals surface area (Å²) in [5.74, 6) is 1.68. The second kappa shape index (κ2) is 10.9. The molecule has 2 aromatic carbocycles. The standard InChI is InChI=1S/C25H31ClN6O/c1-30(2)13-7-12-27-24-20-9-4-6-11-22(20)28-23(29-24)18-31-14-16-32(17-15-31)25(33)19-8-3-5-10-21(19)26/h3-6,8-11H,7,12-18H2,1-2H3,(H,27,28,29). The molecule has 8 heteroatoms. The molecule has 2 heterocycles. The molecule has 1 N–H and O–H groups in total. The van der Waals surface area contributed by atoms with Crippen molar-refractivity contribution in [1.29, 1.82) is 0 Å². The average Bonchev–Trinajstić information content (AvgIpc) is 2.82. The van der Waals surface area contributed by atoms with E-state index in [4.69, 9.17) is 21.6 Å². The summed E-state index contributed by atoms with van der Waals surface area (Å²) in [6.45, 7) is 5.42. The van der Waals surface area contributed by atoms with Crippen molar-refractivity contribution in [2.75, 3.05) is 58.7 Å². The molecule has 0 unspecified atom stereocenters. The Balaban J connectivity index is 1.40. The first-order valence-electron chi connectivity index (χ1n) is 11.4. The van der Waals surface area contributed by atoms with Crippen molar-refractivity contribution >= 4 is 34.2 Å². The van der Waals surface area contributed by atoms with Gasteiger partial charge in [0, 0.05) is 38.1 Å². The van der Waals surface area contributed by atoms with Gasteiger partial charge in [-0.25, -0.2) is 9.97 Å². The molecular formula is C25H31ClN6O. The van der Waals surface area contributed by atoms with Gasteiger partial charge >= 0.3 is 0 Å². The highest BCUT2D eigenvalue weighted by atomic mass is 35.5. The van der Waals surface area contributed by atoms with Gasteiger partial charge in [-0.05, 0) is 51.3 Å². The zero-order valence-electron chi connectivity index (χ0n) is 19.3. The number of piperazine rings is 1. The molecular weight excluding hydrogens is 436 g/mol. The molecule has 0 bridgehead atoms. The summed E-state index contributed by atoms with van der Waals surface area (Å²) in [5, 5.41) is 5.05. The molecule has 0 radical (unpaired) electrons. The number of nitrogens with zero attached hydrogens (tertiary/aromatic N) is 5. The van der Waals surface area contributed by atoms with Crippen LogP contribution in [0.2, 0.25) is 5.02 Å². The lowest BCUT2D eigenvalue weighted by Crippen LogP contribution is -2.48. The van der Waals surface area contributed by atoms with Crippen LogP contribution < -0.4 is 5.32 Å². The van der Waals surface area contributed by atoms with Gasteiger partial charge in [0.05, 0.1) is 22.6 Å². The number of hydrogen-bond acceptors (Lipinski definition) is 6. The molecule has 0 atom stereocenters. The van der Waals surface area contributed by atoms with Crippen molar-refractivity contribution in [1.82, 2.24) is 24.7 Å². The predicted octanol–water partition coefficient (Wildman–Crippen LogP) is 3.60. The number of para-hydroxylation sites is 1. The van der Waals surface area contributed by atoms with E-state index in [2.05, 4.69) is 35.3 Å². The fraction of sp³-hybridized carbons (Fsp3) is 0.400. The van der Waals surface area contributed by atoms with E-state index in [0.717, 1.165) is 55.1 Å². The summed E-state index contributed by atoms with van der Waals surface area (Å²) in [6.07, 6.45) is 1.04. The van der Waals surface area contributed by atoms with E-state index in [0.29, 0.717) is 30.2 Å². The highest BCUT2D eigenvalue weighted by Gasteiger charge is 2.24. The molecule has 1 aromatic heterocycles. The first-order valence-corrected chi connectivity index (χ1v) is 11.8. The maximum Gasteiger partial charge on any atom is 0.255 e. The third-order valence-electron chi connectivity index (χ3n) is 5.85. The first-order chi connectivity index (χ1) is 16.0. The van der Waals surface area contributed by atoms with Crippen molar-refractivity contribution in [2.24, 2.45) is 0 Å². The summed E-state index contributed by atoms with van der Waals surface area (Å²) in [7, 11) is 4.17. The normalized spacial score (nSPS) is 14.7. The lowest BCUT2D eigenvalue weighted by molar-refractivity contribution is 0.0626. The van der Waals surface area contributed by atoms with Gasteiger partial charge < -0.3 is 15.1 Å². The van der Waals surface area contributed by atoms with Crippen molar-refractivity contribution in [3.63, 3.8) is 0 Å². The van der Waals surface area contributed by atoms with Gasteiger partial charge in [-0.3, -0.25) is 9.69 Å². The summed E-state index contributed by atoms with van der Waals surface area (Å²) in [4.78, 5) is 28.8. The number of anilines is 1. The molecule has 1 saturated heterocycles. The van der Waals surface area contributed by atoms with Crippen LogP contribution in [-0.2, 0) is 6.54 Å². The van der Waals surface area contributed by atoms with E-state index >= 15 is 0 Å². The molecule has 1 aliphatic heterocycles. The molecule has 33 heavy (non-hydrogen) atoms. The minimum absolute atomic E-state index is 0.00795. The Morgan fingerprint density at radius 3 is 2.52 bits per heavy atom. The Kier molecular flexibility index (Phi) is 7.75. The van der Waals surface area contributed by atoms with Gasteiger partial charge in [0.25, 0.3) is 5.91 Å². The number of benzene rings is 2. The molecule has 0 saturated carbocycles. The maximum atomic E-state index is 12.8. The number of halogens is 1. The lowest BCUT2D eigenvalue weighted by Gasteiger charge is -2.34. The number of carbonyl (C=O) groups excluding carboxylic acids is 1. The van der Waals surface area contributed by atoms with Crippen LogP contribution in [-0.4, -0.2) is 83.9 Å². The van der Waals surface area contributed by atoms with E-state index < -0.39 is 0 Å². The number of fused-ring (bicyclic) bond motifs is 1. The minimum Gasteiger partial charge on any atom is -0.369 e. The maximum absolute atomic E-state index is 12.8. The van der Waals surface area contributed by atoms with Gasteiger partial charge in [0.2, 0.25) is 0 Å².